The lowest BCUT2D eigenvalue weighted by atomic mass is 10.1. The number of hydrogen-bond donors (Lipinski definition) is 2. The Kier molecular flexibility index (Phi) is 3.74. The lowest BCUT2D eigenvalue weighted by molar-refractivity contribution is -0.145. The molecule has 2 aromatic heterocycles. The maximum Gasteiger partial charge on any atom is 0.311 e. The Labute approximate surface area is 130 Å². The number of ether oxygens (including phenoxy) is 1. The van der Waals surface area contributed by atoms with Crippen LogP contribution in [0.1, 0.15) is 12.1 Å². The van der Waals surface area contributed by atoms with Crippen LogP contribution in [0.5, 0.6) is 0 Å². The van der Waals surface area contributed by atoms with Crippen molar-refractivity contribution in [2.24, 2.45) is 5.92 Å². The number of methoxy groups -OCH3 is 1. The van der Waals surface area contributed by atoms with Crippen LogP contribution < -0.4 is 10.6 Å². The molecule has 1 unspecified atom stereocenters. The van der Waals surface area contributed by atoms with Gasteiger partial charge in [0.1, 0.15) is 0 Å². The predicted molar refractivity (Wildman–Crippen MR) is 77.9 cm³/mol. The molecule has 1 aliphatic rings. The van der Waals surface area contributed by atoms with Crippen LogP contribution >= 0.6 is 0 Å². The zero-order chi connectivity index (χ0) is 16.6. The Hall–Kier alpha value is -2.88. The highest BCUT2D eigenvalue weighted by molar-refractivity contribution is 6.03. The summed E-state index contributed by atoms with van der Waals surface area (Å²) in [6.45, 7) is -0.201. The van der Waals surface area contributed by atoms with Crippen LogP contribution in [-0.2, 0) is 20.9 Å². The molecule has 0 radical (unpaired) electrons. The number of nitrogen functional groups attached to an aromatic ring is 1. The van der Waals surface area contributed by atoms with Crippen LogP contribution in [0.2, 0.25) is 0 Å². The summed E-state index contributed by atoms with van der Waals surface area (Å²) in [4.78, 5) is 41.5. The summed E-state index contributed by atoms with van der Waals surface area (Å²) < 4.78 is 4.68. The SMILES string of the molecule is COC(=O)C1CC(=O)N(c2nc(N)nc3ncc(CO)nc23)C1. The average Bonchev–Trinajstić information content (AvgIpc) is 2.94. The van der Waals surface area contributed by atoms with Gasteiger partial charge in [0.05, 0.1) is 31.5 Å². The molecule has 2 aromatic rings. The molecular formula is C13H14N6O4. The maximum absolute atomic E-state index is 12.2. The number of anilines is 2. The largest absolute Gasteiger partial charge is 0.469 e. The summed E-state index contributed by atoms with van der Waals surface area (Å²) >= 11 is 0. The van der Waals surface area contributed by atoms with Crippen molar-refractivity contribution in [3.63, 3.8) is 0 Å². The van der Waals surface area contributed by atoms with E-state index in [4.69, 9.17) is 5.73 Å². The molecule has 120 valence electrons. The van der Waals surface area contributed by atoms with E-state index in [2.05, 4.69) is 24.7 Å². The van der Waals surface area contributed by atoms with E-state index < -0.39 is 11.9 Å². The van der Waals surface area contributed by atoms with Gasteiger partial charge in [-0.1, -0.05) is 0 Å². The molecule has 0 aliphatic carbocycles. The molecule has 3 heterocycles. The van der Waals surface area contributed by atoms with E-state index in [1.54, 1.807) is 0 Å². The van der Waals surface area contributed by atoms with Gasteiger partial charge in [-0.2, -0.15) is 9.97 Å². The number of carbonyl (C=O) groups is 2. The number of nitrogens with two attached hydrogens (primary N) is 1. The Morgan fingerprint density at radius 1 is 1.48 bits per heavy atom. The number of rotatable bonds is 3. The predicted octanol–water partition coefficient (Wildman–Crippen LogP) is -0.980. The molecule has 1 aliphatic heterocycles. The van der Waals surface area contributed by atoms with Crippen molar-refractivity contribution < 1.29 is 19.4 Å². The van der Waals surface area contributed by atoms with Gasteiger partial charge in [-0.25, -0.2) is 9.97 Å². The number of hydrogen-bond acceptors (Lipinski definition) is 9. The molecule has 1 saturated heterocycles. The highest BCUT2D eigenvalue weighted by Crippen LogP contribution is 2.29. The number of carbonyl (C=O) groups excluding carboxylic acids is 2. The molecule has 1 amide bonds. The van der Waals surface area contributed by atoms with Gasteiger partial charge in [0.25, 0.3) is 0 Å². The highest BCUT2D eigenvalue weighted by atomic mass is 16.5. The lowest BCUT2D eigenvalue weighted by Gasteiger charge is -2.16. The van der Waals surface area contributed by atoms with Gasteiger partial charge in [-0.15, -0.1) is 0 Å². The minimum absolute atomic E-state index is 0.0190. The normalized spacial score (nSPS) is 17.7. The number of amides is 1. The number of nitrogens with zero attached hydrogens (tertiary/aromatic N) is 5. The molecule has 23 heavy (non-hydrogen) atoms. The van der Waals surface area contributed by atoms with Crippen molar-refractivity contribution in [2.75, 3.05) is 24.3 Å². The van der Waals surface area contributed by atoms with Crippen molar-refractivity contribution >= 4 is 34.8 Å². The Bertz CT molecular complexity index is 795. The van der Waals surface area contributed by atoms with Gasteiger partial charge < -0.3 is 15.6 Å². The second-order valence-electron chi connectivity index (χ2n) is 5.03. The van der Waals surface area contributed by atoms with E-state index in [9.17, 15) is 14.7 Å². The van der Waals surface area contributed by atoms with Crippen LogP contribution in [0.15, 0.2) is 6.20 Å². The summed E-state index contributed by atoms with van der Waals surface area (Å²) in [5.74, 6) is -1.22. The fourth-order valence-electron chi connectivity index (χ4n) is 2.45. The quantitative estimate of drug-likeness (QED) is 0.682. The van der Waals surface area contributed by atoms with Crippen LogP contribution in [0.25, 0.3) is 11.2 Å². The summed E-state index contributed by atoms with van der Waals surface area (Å²) in [5, 5.41) is 9.20. The molecule has 0 bridgehead atoms. The Morgan fingerprint density at radius 3 is 2.96 bits per heavy atom. The lowest BCUT2D eigenvalue weighted by Crippen LogP contribution is -2.28. The van der Waals surface area contributed by atoms with Gasteiger partial charge in [0.15, 0.2) is 17.0 Å². The van der Waals surface area contributed by atoms with Gasteiger partial charge in [0.2, 0.25) is 11.9 Å². The van der Waals surface area contributed by atoms with Gasteiger partial charge in [-0.3, -0.25) is 14.5 Å². The third-order valence-electron chi connectivity index (χ3n) is 3.53. The second kappa shape index (κ2) is 5.72. The fraction of sp³-hybridized carbons (Fsp3) is 0.385. The zero-order valence-corrected chi connectivity index (χ0v) is 12.3. The zero-order valence-electron chi connectivity index (χ0n) is 12.3. The van der Waals surface area contributed by atoms with Crippen molar-refractivity contribution in [3.8, 4) is 0 Å². The number of esters is 1. The molecule has 1 fully saturated rings. The van der Waals surface area contributed by atoms with Crippen molar-refractivity contribution in [3.05, 3.63) is 11.9 Å². The van der Waals surface area contributed by atoms with E-state index in [-0.39, 0.29) is 48.4 Å². The van der Waals surface area contributed by atoms with Crippen LogP contribution in [-0.4, -0.2) is 50.6 Å². The highest BCUT2D eigenvalue weighted by Gasteiger charge is 2.37. The van der Waals surface area contributed by atoms with Crippen molar-refractivity contribution in [1.82, 2.24) is 19.9 Å². The number of fused-ring (bicyclic) bond motifs is 1. The summed E-state index contributed by atoms with van der Waals surface area (Å²) in [6.07, 6.45) is 1.38. The Morgan fingerprint density at radius 2 is 2.26 bits per heavy atom. The molecule has 1 atom stereocenters. The maximum atomic E-state index is 12.2. The van der Waals surface area contributed by atoms with Crippen LogP contribution in [0.4, 0.5) is 11.8 Å². The smallest absolute Gasteiger partial charge is 0.311 e. The third kappa shape index (κ3) is 2.63. The van der Waals surface area contributed by atoms with E-state index in [1.807, 2.05) is 0 Å². The first-order valence-corrected chi connectivity index (χ1v) is 6.81. The number of aromatic nitrogens is 4. The summed E-state index contributed by atoms with van der Waals surface area (Å²) in [7, 11) is 1.27. The standard InChI is InChI=1S/C13H14N6O4/c1-23-12(22)6-2-8(21)19(4-6)11-9-10(17-13(14)18-11)15-3-7(5-20)16-9/h3,6,20H,2,4-5H2,1H3,(H2,14,15,17,18). The number of aliphatic hydroxyl groups is 1. The molecule has 10 nitrogen and oxygen atoms in total. The van der Waals surface area contributed by atoms with E-state index in [0.717, 1.165) is 0 Å². The fourth-order valence-corrected chi connectivity index (χ4v) is 2.45. The van der Waals surface area contributed by atoms with Crippen molar-refractivity contribution in [2.45, 2.75) is 13.0 Å². The third-order valence-corrected chi connectivity index (χ3v) is 3.53. The summed E-state index contributed by atoms with van der Waals surface area (Å²) in [6, 6.07) is 0. The van der Waals surface area contributed by atoms with Gasteiger partial charge in [-0.05, 0) is 0 Å². The first kappa shape index (κ1) is 15.0. The number of aliphatic hydroxyl groups excluding tert-OH is 1. The molecule has 0 aromatic carbocycles. The minimum Gasteiger partial charge on any atom is -0.469 e. The minimum atomic E-state index is -0.576. The molecular weight excluding hydrogens is 304 g/mol. The van der Waals surface area contributed by atoms with E-state index in [1.165, 1.54) is 18.2 Å². The molecule has 10 heteroatoms. The molecule has 0 saturated carbocycles. The molecule has 3 rings (SSSR count). The van der Waals surface area contributed by atoms with Crippen LogP contribution in [0, 0.1) is 5.92 Å². The second-order valence-corrected chi connectivity index (χ2v) is 5.03. The van der Waals surface area contributed by atoms with Gasteiger partial charge in [0, 0.05) is 13.0 Å². The molecule has 3 N–H and O–H groups in total. The first-order chi connectivity index (χ1) is 11.0. The monoisotopic (exact) mass is 318 g/mol. The molecule has 0 spiro atoms. The first-order valence-electron chi connectivity index (χ1n) is 6.81. The summed E-state index contributed by atoms with van der Waals surface area (Å²) in [5.41, 5.74) is 6.42. The average molecular weight is 318 g/mol. The van der Waals surface area contributed by atoms with Crippen LogP contribution in [0.3, 0.4) is 0 Å². The van der Waals surface area contributed by atoms with E-state index >= 15 is 0 Å². The van der Waals surface area contributed by atoms with E-state index in [0.29, 0.717) is 5.69 Å². The topological polar surface area (TPSA) is 144 Å². The van der Waals surface area contributed by atoms with Crippen molar-refractivity contribution in [1.29, 1.82) is 0 Å². The Balaban J connectivity index is 2.08. The van der Waals surface area contributed by atoms with Gasteiger partial charge >= 0.3 is 5.97 Å².